The molecule has 2 heterocycles. The molecule has 0 N–H and O–H groups in total. The van der Waals surface area contributed by atoms with Crippen LogP contribution in [0.3, 0.4) is 0 Å². The summed E-state index contributed by atoms with van der Waals surface area (Å²) < 4.78 is 2.17. The maximum Gasteiger partial charge on any atom is 0.222 e. The van der Waals surface area contributed by atoms with Crippen molar-refractivity contribution in [2.75, 3.05) is 0 Å². The van der Waals surface area contributed by atoms with Gasteiger partial charge in [-0.25, -0.2) is 0 Å². The molecule has 0 saturated heterocycles. The molecule has 0 spiro atoms. The summed E-state index contributed by atoms with van der Waals surface area (Å²) in [6.07, 6.45) is 2.07. The molecule has 1 aliphatic heterocycles. The van der Waals surface area contributed by atoms with E-state index in [4.69, 9.17) is 0 Å². The van der Waals surface area contributed by atoms with E-state index in [1.54, 1.807) is 0 Å². The van der Waals surface area contributed by atoms with E-state index in [2.05, 4.69) is 60.7 Å². The number of aryl methyl sites for hydroxylation is 1. The van der Waals surface area contributed by atoms with Crippen LogP contribution in [0.4, 0.5) is 0 Å². The Kier molecular flexibility index (Phi) is 1.57. The molecule has 15 heavy (non-hydrogen) atoms. The molecule has 1 aromatic carbocycles. The van der Waals surface area contributed by atoms with Gasteiger partial charge in [0.1, 0.15) is 0 Å². The standard InChI is InChI=1S/C14H12N/c1-10-6-5-9-15-11(2)12-7-3-4-8-13(12)14(10)15/h3-9H,2H2,1H3/q+1. The van der Waals surface area contributed by atoms with Crippen LogP contribution in [0.1, 0.15) is 11.1 Å². The molecule has 1 heteroatoms. The van der Waals surface area contributed by atoms with E-state index in [0.29, 0.717) is 0 Å². The molecule has 72 valence electrons. The second kappa shape index (κ2) is 2.80. The Morgan fingerprint density at radius 3 is 2.53 bits per heavy atom. The lowest BCUT2D eigenvalue weighted by atomic mass is 10.0. The second-order valence-electron chi connectivity index (χ2n) is 3.90. The van der Waals surface area contributed by atoms with Gasteiger partial charge in [-0.2, -0.15) is 4.57 Å². The first-order chi connectivity index (χ1) is 7.29. The lowest BCUT2D eigenvalue weighted by Gasteiger charge is -1.96. The molecule has 0 fully saturated rings. The number of benzene rings is 1. The Balaban J connectivity index is 2.45. The van der Waals surface area contributed by atoms with Crippen LogP contribution >= 0.6 is 0 Å². The van der Waals surface area contributed by atoms with Crippen LogP contribution in [0, 0.1) is 6.92 Å². The molecule has 0 unspecified atom stereocenters. The number of rotatable bonds is 0. The predicted molar refractivity (Wildman–Crippen MR) is 61.2 cm³/mol. The van der Waals surface area contributed by atoms with Gasteiger partial charge in [0.15, 0.2) is 6.20 Å². The summed E-state index contributed by atoms with van der Waals surface area (Å²) >= 11 is 0. The van der Waals surface area contributed by atoms with E-state index in [0.717, 1.165) is 5.70 Å². The van der Waals surface area contributed by atoms with Gasteiger partial charge in [-0.05, 0) is 31.7 Å². The Morgan fingerprint density at radius 1 is 1.00 bits per heavy atom. The van der Waals surface area contributed by atoms with Crippen molar-refractivity contribution in [3.8, 4) is 11.3 Å². The Labute approximate surface area is 89.3 Å². The van der Waals surface area contributed by atoms with Crippen molar-refractivity contribution in [3.05, 3.63) is 60.3 Å². The molecule has 0 bridgehead atoms. The van der Waals surface area contributed by atoms with Crippen LogP contribution in [-0.4, -0.2) is 0 Å². The highest BCUT2D eigenvalue weighted by molar-refractivity contribution is 5.80. The summed E-state index contributed by atoms with van der Waals surface area (Å²) in [6, 6.07) is 12.6. The van der Waals surface area contributed by atoms with Crippen molar-refractivity contribution < 1.29 is 4.57 Å². The van der Waals surface area contributed by atoms with Crippen molar-refractivity contribution in [1.82, 2.24) is 0 Å². The van der Waals surface area contributed by atoms with Gasteiger partial charge in [0.25, 0.3) is 0 Å². The summed E-state index contributed by atoms with van der Waals surface area (Å²) in [4.78, 5) is 0. The maximum absolute atomic E-state index is 4.14. The Morgan fingerprint density at radius 2 is 1.73 bits per heavy atom. The summed E-state index contributed by atoms with van der Waals surface area (Å²) in [7, 11) is 0. The number of aromatic nitrogens is 1. The summed E-state index contributed by atoms with van der Waals surface area (Å²) in [5.74, 6) is 0. The SMILES string of the molecule is C=C1c2ccccc2-c2c(C)ccc[n+]21. The topological polar surface area (TPSA) is 3.88 Å². The average molecular weight is 194 g/mol. The van der Waals surface area contributed by atoms with Crippen LogP contribution in [0.2, 0.25) is 0 Å². The summed E-state index contributed by atoms with van der Waals surface area (Å²) in [5.41, 5.74) is 6.18. The smallest absolute Gasteiger partial charge is 0.160 e. The van der Waals surface area contributed by atoms with Crippen molar-refractivity contribution >= 4 is 5.70 Å². The van der Waals surface area contributed by atoms with Crippen molar-refractivity contribution in [1.29, 1.82) is 0 Å². The lowest BCUT2D eigenvalue weighted by molar-refractivity contribution is -0.563. The minimum Gasteiger partial charge on any atom is -0.160 e. The fourth-order valence-electron chi connectivity index (χ4n) is 2.26. The number of nitrogens with zero attached hydrogens (tertiary/aromatic N) is 1. The predicted octanol–water partition coefficient (Wildman–Crippen LogP) is 2.78. The summed E-state index contributed by atoms with van der Waals surface area (Å²) in [5, 5.41) is 0. The molecule has 2 aromatic rings. The molecule has 0 aliphatic carbocycles. The third kappa shape index (κ3) is 1.00. The van der Waals surface area contributed by atoms with E-state index in [9.17, 15) is 0 Å². The van der Waals surface area contributed by atoms with Gasteiger partial charge in [-0.15, -0.1) is 0 Å². The highest BCUT2D eigenvalue weighted by Gasteiger charge is 2.30. The number of hydrogen-bond donors (Lipinski definition) is 0. The van der Waals surface area contributed by atoms with Crippen LogP contribution in [-0.2, 0) is 0 Å². The van der Waals surface area contributed by atoms with Gasteiger partial charge in [0.05, 0.1) is 11.1 Å². The van der Waals surface area contributed by atoms with Gasteiger partial charge in [-0.3, -0.25) is 0 Å². The van der Waals surface area contributed by atoms with Gasteiger partial charge in [-0.1, -0.05) is 12.1 Å². The second-order valence-corrected chi connectivity index (χ2v) is 3.90. The van der Waals surface area contributed by atoms with Crippen molar-refractivity contribution in [2.45, 2.75) is 6.92 Å². The molecule has 0 saturated carbocycles. The molecule has 0 amide bonds. The Bertz CT molecular complexity index is 567. The molecule has 0 radical (unpaired) electrons. The molecular formula is C14H12N+. The average Bonchev–Trinajstić information content (AvgIpc) is 2.55. The van der Waals surface area contributed by atoms with Gasteiger partial charge >= 0.3 is 0 Å². The molecule has 1 nitrogen and oxygen atoms in total. The molecule has 1 aromatic heterocycles. The third-order valence-corrected chi connectivity index (χ3v) is 2.98. The summed E-state index contributed by atoms with van der Waals surface area (Å²) in [6.45, 7) is 6.28. The first-order valence-electron chi connectivity index (χ1n) is 5.09. The molecule has 0 atom stereocenters. The molecule has 1 aliphatic rings. The minimum absolute atomic E-state index is 1.07. The zero-order valence-electron chi connectivity index (χ0n) is 8.70. The van der Waals surface area contributed by atoms with E-state index >= 15 is 0 Å². The van der Waals surface area contributed by atoms with Crippen molar-refractivity contribution in [3.63, 3.8) is 0 Å². The molecular weight excluding hydrogens is 182 g/mol. The first-order valence-corrected chi connectivity index (χ1v) is 5.09. The number of hydrogen-bond acceptors (Lipinski definition) is 0. The number of fused-ring (bicyclic) bond motifs is 3. The van der Waals surface area contributed by atoms with E-state index in [1.165, 1.54) is 22.4 Å². The zero-order chi connectivity index (χ0) is 10.4. The van der Waals surface area contributed by atoms with E-state index in [1.807, 2.05) is 0 Å². The zero-order valence-corrected chi connectivity index (χ0v) is 8.70. The Hall–Kier alpha value is -1.89. The highest BCUT2D eigenvalue weighted by Crippen LogP contribution is 2.33. The maximum atomic E-state index is 4.14. The van der Waals surface area contributed by atoms with Gasteiger partial charge in [0, 0.05) is 11.6 Å². The van der Waals surface area contributed by atoms with Crippen molar-refractivity contribution in [2.24, 2.45) is 0 Å². The first kappa shape index (κ1) is 8.42. The van der Waals surface area contributed by atoms with Gasteiger partial charge < -0.3 is 0 Å². The minimum atomic E-state index is 1.07. The number of pyridine rings is 1. The monoisotopic (exact) mass is 194 g/mol. The van der Waals surface area contributed by atoms with Crippen LogP contribution in [0.25, 0.3) is 17.0 Å². The lowest BCUT2D eigenvalue weighted by Crippen LogP contribution is -2.30. The van der Waals surface area contributed by atoms with Crippen LogP contribution in [0.5, 0.6) is 0 Å². The molecule has 3 rings (SSSR count). The highest BCUT2D eigenvalue weighted by atomic mass is 15.0. The quantitative estimate of drug-likeness (QED) is 0.484. The van der Waals surface area contributed by atoms with E-state index < -0.39 is 0 Å². The van der Waals surface area contributed by atoms with Crippen LogP contribution < -0.4 is 4.57 Å². The normalized spacial score (nSPS) is 12.5. The van der Waals surface area contributed by atoms with E-state index in [-0.39, 0.29) is 0 Å². The fourth-order valence-corrected chi connectivity index (χ4v) is 2.26. The fraction of sp³-hybridized carbons (Fsp3) is 0.0714. The van der Waals surface area contributed by atoms with Gasteiger partial charge in [0.2, 0.25) is 11.4 Å². The van der Waals surface area contributed by atoms with Crippen LogP contribution in [0.15, 0.2) is 49.2 Å². The third-order valence-electron chi connectivity index (χ3n) is 2.98. The largest absolute Gasteiger partial charge is 0.222 e.